The lowest BCUT2D eigenvalue weighted by Crippen LogP contribution is -2.59. The summed E-state index contributed by atoms with van der Waals surface area (Å²) in [5.41, 5.74) is 0.695. The van der Waals surface area contributed by atoms with Crippen molar-refractivity contribution in [3.8, 4) is 0 Å². The van der Waals surface area contributed by atoms with Crippen molar-refractivity contribution in [2.75, 3.05) is 18.0 Å². The van der Waals surface area contributed by atoms with Gasteiger partial charge in [-0.2, -0.15) is 0 Å². The molecule has 2 saturated heterocycles. The Morgan fingerprint density at radius 2 is 2.00 bits per heavy atom. The normalized spacial score (nSPS) is 20.2. The van der Waals surface area contributed by atoms with Gasteiger partial charge in [0, 0.05) is 30.0 Å². The lowest BCUT2D eigenvalue weighted by molar-refractivity contribution is -0.123. The van der Waals surface area contributed by atoms with Crippen LogP contribution < -0.4 is 15.5 Å². The van der Waals surface area contributed by atoms with Crippen LogP contribution >= 0.6 is 0 Å². The van der Waals surface area contributed by atoms with Gasteiger partial charge in [0.25, 0.3) is 0 Å². The fraction of sp³-hybridized carbons (Fsp3) is 0.333. The standard InChI is InChI=1S/C18H19F2N3O3/c1-3-26-18(25)22-11-8-23(9-11)12-6-14(19)16(15(20)7-12)13-5-4-10(2)21-17(13)24/h3,6-7,11,13H,1-2,4-5,8-9H2,(H,21,24)(H,22,25). The molecule has 2 heterocycles. The molecule has 138 valence electrons. The number of carbonyl (C=O) groups is 2. The Bertz CT molecular complexity index is 752. The molecule has 2 amide bonds. The van der Waals surface area contributed by atoms with Gasteiger partial charge in [0.15, 0.2) is 0 Å². The molecule has 2 N–H and O–H groups in total. The number of halogens is 2. The van der Waals surface area contributed by atoms with Crippen LogP contribution in [0.15, 0.2) is 37.2 Å². The molecule has 6 nitrogen and oxygen atoms in total. The van der Waals surface area contributed by atoms with Crippen molar-refractivity contribution < 1.29 is 23.1 Å². The minimum absolute atomic E-state index is 0.177. The van der Waals surface area contributed by atoms with Gasteiger partial charge in [-0.15, -0.1) is 0 Å². The molecule has 2 fully saturated rings. The van der Waals surface area contributed by atoms with Crippen molar-refractivity contribution in [3.63, 3.8) is 0 Å². The third-order valence-corrected chi connectivity index (χ3v) is 4.52. The number of hydrogen-bond acceptors (Lipinski definition) is 4. The quantitative estimate of drug-likeness (QED) is 0.807. The first-order chi connectivity index (χ1) is 12.4. The summed E-state index contributed by atoms with van der Waals surface area (Å²) in [5.74, 6) is -2.82. The number of alkyl carbamates (subject to hydrolysis) is 1. The zero-order valence-corrected chi connectivity index (χ0v) is 14.1. The summed E-state index contributed by atoms with van der Waals surface area (Å²) in [7, 11) is 0. The summed E-state index contributed by atoms with van der Waals surface area (Å²) in [6.07, 6.45) is 1.20. The van der Waals surface area contributed by atoms with E-state index in [1.807, 2.05) is 0 Å². The molecule has 0 saturated carbocycles. The van der Waals surface area contributed by atoms with Crippen molar-refractivity contribution in [2.24, 2.45) is 0 Å². The topological polar surface area (TPSA) is 70.7 Å². The van der Waals surface area contributed by atoms with E-state index in [4.69, 9.17) is 0 Å². The maximum atomic E-state index is 14.5. The zero-order valence-electron chi connectivity index (χ0n) is 14.1. The highest BCUT2D eigenvalue weighted by molar-refractivity contribution is 5.86. The van der Waals surface area contributed by atoms with E-state index in [1.165, 1.54) is 12.1 Å². The predicted molar refractivity (Wildman–Crippen MR) is 91.4 cm³/mol. The largest absolute Gasteiger partial charge is 0.419 e. The van der Waals surface area contributed by atoms with Crippen molar-refractivity contribution in [1.82, 2.24) is 10.6 Å². The first kappa shape index (κ1) is 17.9. The second-order valence-corrected chi connectivity index (χ2v) is 6.33. The predicted octanol–water partition coefficient (Wildman–Crippen LogP) is 2.53. The highest BCUT2D eigenvalue weighted by Gasteiger charge is 2.33. The van der Waals surface area contributed by atoms with Crippen molar-refractivity contribution in [3.05, 3.63) is 54.4 Å². The molecule has 8 heteroatoms. The first-order valence-corrected chi connectivity index (χ1v) is 8.19. The van der Waals surface area contributed by atoms with Crippen LogP contribution in [0.25, 0.3) is 0 Å². The number of allylic oxidation sites excluding steroid dienone is 1. The van der Waals surface area contributed by atoms with Gasteiger partial charge in [-0.25, -0.2) is 13.6 Å². The maximum Gasteiger partial charge on any atom is 0.412 e. The summed E-state index contributed by atoms with van der Waals surface area (Å²) in [6.45, 7) is 7.74. The summed E-state index contributed by atoms with van der Waals surface area (Å²) in [6, 6.07) is 2.25. The molecule has 0 radical (unpaired) electrons. The van der Waals surface area contributed by atoms with Crippen LogP contribution in [-0.4, -0.2) is 31.1 Å². The number of benzene rings is 1. The minimum atomic E-state index is -0.867. The van der Waals surface area contributed by atoms with Gasteiger partial charge in [0.2, 0.25) is 5.91 Å². The molecule has 2 aliphatic rings. The van der Waals surface area contributed by atoms with Crippen LogP contribution in [0.1, 0.15) is 24.3 Å². The lowest BCUT2D eigenvalue weighted by atomic mass is 9.88. The summed E-state index contributed by atoms with van der Waals surface area (Å²) in [5, 5.41) is 5.14. The van der Waals surface area contributed by atoms with Gasteiger partial charge in [0.05, 0.1) is 18.2 Å². The molecule has 0 bridgehead atoms. The van der Waals surface area contributed by atoms with Gasteiger partial charge < -0.3 is 20.3 Å². The molecule has 2 aliphatic heterocycles. The van der Waals surface area contributed by atoms with Gasteiger partial charge in [-0.05, 0) is 25.0 Å². The van der Waals surface area contributed by atoms with Crippen molar-refractivity contribution in [1.29, 1.82) is 0 Å². The Morgan fingerprint density at radius 1 is 1.35 bits per heavy atom. The SMILES string of the molecule is C=COC(=O)NC1CN(c2cc(F)c(C3CCC(=C)NC3=O)c(F)c2)C1. The number of amides is 2. The highest BCUT2D eigenvalue weighted by atomic mass is 19.1. The smallest absolute Gasteiger partial charge is 0.412 e. The van der Waals surface area contributed by atoms with Crippen LogP contribution in [0.2, 0.25) is 0 Å². The average molecular weight is 363 g/mol. The molecule has 1 aromatic rings. The van der Waals surface area contributed by atoms with Crippen molar-refractivity contribution >= 4 is 17.7 Å². The number of anilines is 1. The van der Waals surface area contributed by atoms with Crippen LogP contribution in [0.3, 0.4) is 0 Å². The average Bonchev–Trinajstić information content (AvgIpc) is 2.52. The Balaban J connectivity index is 1.69. The fourth-order valence-corrected chi connectivity index (χ4v) is 3.19. The van der Waals surface area contributed by atoms with E-state index in [2.05, 4.69) is 28.5 Å². The Kier molecular flexibility index (Phi) is 4.92. The molecule has 26 heavy (non-hydrogen) atoms. The lowest BCUT2D eigenvalue weighted by Gasteiger charge is -2.41. The molecule has 1 unspecified atom stereocenters. The van der Waals surface area contributed by atoms with Gasteiger partial charge >= 0.3 is 6.09 Å². The Hall–Kier alpha value is -2.90. The fourth-order valence-electron chi connectivity index (χ4n) is 3.19. The van der Waals surface area contributed by atoms with Crippen LogP contribution in [0, 0.1) is 11.6 Å². The van der Waals surface area contributed by atoms with Gasteiger partial charge in [-0.1, -0.05) is 13.2 Å². The monoisotopic (exact) mass is 363 g/mol. The molecule has 0 aliphatic carbocycles. The molecule has 0 aromatic heterocycles. The highest BCUT2D eigenvalue weighted by Crippen LogP contribution is 2.34. The maximum absolute atomic E-state index is 14.5. The van der Waals surface area contributed by atoms with E-state index in [9.17, 15) is 18.4 Å². The molecular formula is C18H19F2N3O3. The van der Waals surface area contributed by atoms with Crippen molar-refractivity contribution in [2.45, 2.75) is 24.8 Å². The number of piperidine rings is 1. The summed E-state index contributed by atoms with van der Waals surface area (Å²) >= 11 is 0. The van der Waals surface area contributed by atoms with E-state index in [0.717, 1.165) is 6.26 Å². The third kappa shape index (κ3) is 3.54. The molecular weight excluding hydrogens is 344 g/mol. The van der Waals surface area contributed by atoms with Gasteiger partial charge in [0.1, 0.15) is 11.6 Å². The van der Waals surface area contributed by atoms with Crippen LogP contribution in [0.5, 0.6) is 0 Å². The van der Waals surface area contributed by atoms with E-state index in [-0.39, 0.29) is 11.6 Å². The molecule has 0 spiro atoms. The van der Waals surface area contributed by atoms with Gasteiger partial charge in [-0.3, -0.25) is 4.79 Å². The summed E-state index contributed by atoms with van der Waals surface area (Å²) in [4.78, 5) is 25.0. The van der Waals surface area contributed by atoms with E-state index >= 15 is 0 Å². The minimum Gasteiger partial charge on any atom is -0.419 e. The summed E-state index contributed by atoms with van der Waals surface area (Å²) < 4.78 is 33.6. The Labute approximate surface area is 149 Å². The van der Waals surface area contributed by atoms with Crippen LogP contribution in [0.4, 0.5) is 19.3 Å². The zero-order chi connectivity index (χ0) is 18.8. The number of rotatable bonds is 4. The van der Waals surface area contributed by atoms with E-state index in [1.54, 1.807) is 4.90 Å². The second-order valence-electron chi connectivity index (χ2n) is 6.33. The third-order valence-electron chi connectivity index (χ3n) is 4.52. The second kappa shape index (κ2) is 7.15. The number of carbonyl (C=O) groups excluding carboxylic acids is 2. The molecule has 3 rings (SSSR count). The van der Waals surface area contributed by atoms with E-state index < -0.39 is 29.6 Å². The number of ether oxygens (including phenoxy) is 1. The number of hydrogen-bond donors (Lipinski definition) is 2. The number of nitrogens with one attached hydrogen (secondary N) is 2. The van der Waals surface area contributed by atoms with Crippen LogP contribution in [-0.2, 0) is 9.53 Å². The molecule has 1 atom stereocenters. The first-order valence-electron chi connectivity index (χ1n) is 8.19. The Morgan fingerprint density at radius 3 is 2.58 bits per heavy atom. The van der Waals surface area contributed by atoms with E-state index in [0.29, 0.717) is 37.3 Å². The molecule has 1 aromatic carbocycles. The number of nitrogens with zero attached hydrogens (tertiary/aromatic N) is 1.